The average Bonchev–Trinajstić information content (AvgIpc) is 2.95. The van der Waals surface area contributed by atoms with Crippen LogP contribution in [-0.2, 0) is 0 Å². The Balaban J connectivity index is 1.52. The van der Waals surface area contributed by atoms with Crippen molar-refractivity contribution in [3.8, 4) is 11.1 Å². The second-order valence-corrected chi connectivity index (χ2v) is 9.59. The summed E-state index contributed by atoms with van der Waals surface area (Å²) in [6, 6.07) is 14.1. The fourth-order valence-electron chi connectivity index (χ4n) is 5.78. The highest BCUT2D eigenvalue weighted by Crippen LogP contribution is 2.62. The zero-order valence-corrected chi connectivity index (χ0v) is 17.2. The van der Waals surface area contributed by atoms with Crippen molar-refractivity contribution in [3.05, 3.63) is 59.9 Å². The monoisotopic (exact) mass is 380 g/mol. The highest BCUT2D eigenvalue weighted by Gasteiger charge is 2.63. The number of hydrogen-bond acceptors (Lipinski definition) is 2. The van der Waals surface area contributed by atoms with E-state index >= 15 is 0 Å². The van der Waals surface area contributed by atoms with Gasteiger partial charge in [-0.15, -0.1) is 0 Å². The topological polar surface area (TPSA) is 23.6 Å². The normalized spacial score (nSPS) is 25.5. The smallest absolute Gasteiger partial charge is 0.253 e. The van der Waals surface area contributed by atoms with Gasteiger partial charge in [0.2, 0.25) is 0 Å². The highest BCUT2D eigenvalue weighted by molar-refractivity contribution is 5.95. The highest BCUT2D eigenvalue weighted by atomic mass is 19.1. The first-order valence-corrected chi connectivity index (χ1v) is 10.0. The van der Waals surface area contributed by atoms with Gasteiger partial charge in [-0.05, 0) is 67.2 Å². The van der Waals surface area contributed by atoms with Crippen LogP contribution in [0.4, 0.5) is 4.39 Å². The fraction of sp³-hybridized carbons (Fsp3) is 0.458. The number of fused-ring (bicyclic) bond motifs is 1. The van der Waals surface area contributed by atoms with E-state index in [1.54, 1.807) is 6.07 Å². The maximum absolute atomic E-state index is 13.5. The van der Waals surface area contributed by atoms with Gasteiger partial charge in [0, 0.05) is 30.6 Å². The van der Waals surface area contributed by atoms with Crippen LogP contribution < -0.4 is 0 Å². The second-order valence-electron chi connectivity index (χ2n) is 9.59. The molecule has 0 bridgehead atoms. The molecule has 1 saturated carbocycles. The van der Waals surface area contributed by atoms with Crippen LogP contribution in [0.2, 0.25) is 0 Å². The first-order chi connectivity index (χ1) is 13.2. The Morgan fingerprint density at radius 3 is 2.46 bits per heavy atom. The lowest BCUT2D eigenvalue weighted by Crippen LogP contribution is -2.57. The molecule has 2 atom stereocenters. The van der Waals surface area contributed by atoms with Crippen LogP contribution in [0.5, 0.6) is 0 Å². The molecule has 0 spiro atoms. The number of carbonyl (C=O) groups is 1. The quantitative estimate of drug-likeness (QED) is 0.777. The molecule has 4 heteroatoms. The van der Waals surface area contributed by atoms with E-state index in [0.29, 0.717) is 16.9 Å². The number of likely N-dealkylation sites (tertiary alicyclic amines) is 1. The Morgan fingerprint density at radius 1 is 1.14 bits per heavy atom. The van der Waals surface area contributed by atoms with Crippen molar-refractivity contribution in [1.29, 1.82) is 0 Å². The van der Waals surface area contributed by atoms with Crippen LogP contribution in [-0.4, -0.2) is 49.4 Å². The van der Waals surface area contributed by atoms with Gasteiger partial charge in [-0.25, -0.2) is 4.39 Å². The molecule has 2 aromatic rings. The molecule has 1 aliphatic carbocycles. The number of rotatable bonds is 4. The molecule has 2 aliphatic rings. The van der Waals surface area contributed by atoms with Crippen molar-refractivity contribution in [1.82, 2.24) is 9.80 Å². The zero-order chi connectivity index (χ0) is 20.1. The number of nitrogens with zero attached hydrogens (tertiary/aromatic N) is 2. The van der Waals surface area contributed by atoms with Crippen molar-refractivity contribution in [3.63, 3.8) is 0 Å². The summed E-state index contributed by atoms with van der Waals surface area (Å²) in [4.78, 5) is 17.5. The van der Waals surface area contributed by atoms with E-state index in [1.165, 1.54) is 18.6 Å². The van der Waals surface area contributed by atoms with Crippen molar-refractivity contribution in [2.24, 2.45) is 16.7 Å². The molecule has 1 heterocycles. The minimum absolute atomic E-state index is 0.106. The van der Waals surface area contributed by atoms with E-state index in [9.17, 15) is 9.18 Å². The van der Waals surface area contributed by atoms with Gasteiger partial charge in [0.1, 0.15) is 5.82 Å². The van der Waals surface area contributed by atoms with E-state index in [2.05, 4.69) is 32.8 Å². The number of halogens is 1. The third-order valence-corrected chi connectivity index (χ3v) is 6.61. The number of benzene rings is 2. The van der Waals surface area contributed by atoms with Crippen molar-refractivity contribution in [2.75, 3.05) is 33.7 Å². The molecular formula is C24H29FN2O. The predicted molar refractivity (Wildman–Crippen MR) is 111 cm³/mol. The molecule has 148 valence electrons. The summed E-state index contributed by atoms with van der Waals surface area (Å²) in [7, 11) is 4.24. The van der Waals surface area contributed by atoms with Gasteiger partial charge in [0.05, 0.1) is 0 Å². The molecule has 1 aliphatic heterocycles. The Kier molecular flexibility index (Phi) is 4.58. The van der Waals surface area contributed by atoms with Crippen LogP contribution in [0.25, 0.3) is 11.1 Å². The lowest BCUT2D eigenvalue weighted by Gasteiger charge is -2.57. The van der Waals surface area contributed by atoms with Gasteiger partial charge >= 0.3 is 0 Å². The lowest BCUT2D eigenvalue weighted by molar-refractivity contribution is -0.0789. The number of hydrogen-bond donors (Lipinski definition) is 0. The van der Waals surface area contributed by atoms with E-state index < -0.39 is 0 Å². The molecule has 0 unspecified atom stereocenters. The third kappa shape index (κ3) is 3.24. The van der Waals surface area contributed by atoms with Crippen molar-refractivity contribution in [2.45, 2.75) is 20.3 Å². The first kappa shape index (κ1) is 19.1. The maximum Gasteiger partial charge on any atom is 0.253 e. The van der Waals surface area contributed by atoms with Crippen LogP contribution in [0.1, 0.15) is 30.6 Å². The first-order valence-electron chi connectivity index (χ1n) is 10.0. The Hall–Kier alpha value is -2.20. The minimum Gasteiger partial charge on any atom is -0.338 e. The number of carbonyl (C=O) groups excluding carboxylic acids is 1. The summed E-state index contributed by atoms with van der Waals surface area (Å²) in [5, 5.41) is 0. The molecule has 0 N–H and O–H groups in total. The van der Waals surface area contributed by atoms with Crippen LogP contribution in [0.3, 0.4) is 0 Å². The second kappa shape index (κ2) is 6.70. The van der Waals surface area contributed by atoms with Crippen molar-refractivity contribution >= 4 is 5.91 Å². The molecule has 4 rings (SSSR count). The van der Waals surface area contributed by atoms with Gasteiger partial charge < -0.3 is 9.80 Å². The summed E-state index contributed by atoms with van der Waals surface area (Å²) in [6.45, 7) is 7.36. The van der Waals surface area contributed by atoms with Gasteiger partial charge in [-0.3, -0.25) is 4.79 Å². The third-order valence-electron chi connectivity index (χ3n) is 6.61. The van der Waals surface area contributed by atoms with Crippen LogP contribution in [0, 0.1) is 22.6 Å². The maximum atomic E-state index is 13.5. The minimum atomic E-state index is -0.251. The Morgan fingerprint density at radius 2 is 1.86 bits per heavy atom. The largest absolute Gasteiger partial charge is 0.338 e. The SMILES string of the molecule is CN(C)C[C@@]12CN(C(=O)c3ccc(-c4cccc(F)c4)cc3)C[C@@H]1C(C)(C)C2. The van der Waals surface area contributed by atoms with Crippen molar-refractivity contribution < 1.29 is 9.18 Å². The van der Waals surface area contributed by atoms with Crippen LogP contribution in [0.15, 0.2) is 48.5 Å². The number of amides is 1. The summed E-state index contributed by atoms with van der Waals surface area (Å²) in [5.41, 5.74) is 2.98. The molecular weight excluding hydrogens is 351 g/mol. The molecule has 1 amide bonds. The van der Waals surface area contributed by atoms with Gasteiger partial charge in [0.25, 0.3) is 5.91 Å². The molecule has 3 nitrogen and oxygen atoms in total. The summed E-state index contributed by atoms with van der Waals surface area (Å²) >= 11 is 0. The molecule has 2 fully saturated rings. The molecule has 2 aromatic carbocycles. The van der Waals surface area contributed by atoms with E-state index in [1.807, 2.05) is 35.2 Å². The molecule has 0 aromatic heterocycles. The molecule has 0 radical (unpaired) electrons. The van der Waals surface area contributed by atoms with Crippen LogP contribution >= 0.6 is 0 Å². The predicted octanol–water partition coefficient (Wildman–Crippen LogP) is 4.54. The van der Waals surface area contributed by atoms with Gasteiger partial charge in [-0.1, -0.05) is 38.1 Å². The van der Waals surface area contributed by atoms with E-state index in [4.69, 9.17) is 0 Å². The van der Waals surface area contributed by atoms with Gasteiger partial charge in [0.15, 0.2) is 0 Å². The summed E-state index contributed by atoms with van der Waals surface area (Å²) in [6.07, 6.45) is 1.17. The molecule has 1 saturated heterocycles. The zero-order valence-electron chi connectivity index (χ0n) is 17.2. The fourth-order valence-corrected chi connectivity index (χ4v) is 5.78. The molecule has 28 heavy (non-hydrogen) atoms. The lowest BCUT2D eigenvalue weighted by atomic mass is 9.48. The standard InChI is InChI=1S/C24H29FN2O/c1-23(2)14-24(15-26(3)4)16-27(13-21(23)24)22(28)18-10-8-17(9-11-18)19-6-5-7-20(25)12-19/h5-12,21H,13-16H2,1-4H3/t21-,24+/m1/s1. The summed E-state index contributed by atoms with van der Waals surface area (Å²) < 4.78 is 13.5. The summed E-state index contributed by atoms with van der Waals surface area (Å²) in [5.74, 6) is 0.408. The van der Waals surface area contributed by atoms with E-state index in [-0.39, 0.29) is 17.1 Å². The van der Waals surface area contributed by atoms with Gasteiger partial charge in [-0.2, -0.15) is 0 Å². The Bertz CT molecular complexity index is 886. The van der Waals surface area contributed by atoms with E-state index in [0.717, 1.165) is 30.8 Å². The average molecular weight is 381 g/mol. The Labute approximate surface area is 167 Å².